The first-order valence-corrected chi connectivity index (χ1v) is 11.3. The van der Waals surface area contributed by atoms with Gasteiger partial charge in [0.1, 0.15) is 5.65 Å². The van der Waals surface area contributed by atoms with Crippen LogP contribution < -0.4 is 10.9 Å². The second-order valence-corrected chi connectivity index (χ2v) is 8.97. The number of nitrogens with zero attached hydrogens (tertiary/aromatic N) is 2. The normalized spacial score (nSPS) is 11.2. The molecule has 0 bridgehead atoms. The summed E-state index contributed by atoms with van der Waals surface area (Å²) in [6, 6.07) is 14.5. The fourth-order valence-corrected chi connectivity index (χ4v) is 4.59. The topological polar surface area (TPSA) is 64.0 Å². The Balaban J connectivity index is 2.18. The highest BCUT2D eigenvalue weighted by molar-refractivity contribution is 6.36. The predicted octanol–water partition coefficient (Wildman–Crippen LogP) is 6.15. The lowest BCUT2D eigenvalue weighted by molar-refractivity contribution is 0.101. The molecule has 0 unspecified atom stereocenters. The average molecular weight is 501 g/mol. The molecule has 4 rings (SSSR count). The summed E-state index contributed by atoms with van der Waals surface area (Å²) >= 11 is 18.8. The van der Waals surface area contributed by atoms with Crippen LogP contribution in [0.3, 0.4) is 0 Å². The van der Waals surface area contributed by atoms with Crippen LogP contribution in [0, 0.1) is 0 Å². The summed E-state index contributed by atoms with van der Waals surface area (Å²) < 4.78 is 1.41. The van der Waals surface area contributed by atoms with Crippen LogP contribution >= 0.6 is 34.8 Å². The van der Waals surface area contributed by atoms with E-state index in [4.69, 9.17) is 39.8 Å². The molecule has 4 aromatic rings. The highest BCUT2D eigenvalue weighted by Crippen LogP contribution is 2.38. The van der Waals surface area contributed by atoms with E-state index < -0.39 is 0 Å². The minimum absolute atomic E-state index is 0.153. The molecule has 0 spiro atoms. The summed E-state index contributed by atoms with van der Waals surface area (Å²) in [7, 11) is 3.38. The number of carbonyl (C=O) groups excluding carboxylic acids is 1. The minimum Gasteiger partial charge on any atom is -0.316 e. The predicted molar refractivity (Wildman–Crippen MR) is 136 cm³/mol. The summed E-state index contributed by atoms with van der Waals surface area (Å²) in [6.45, 7) is 1.74. The van der Waals surface area contributed by atoms with E-state index in [1.807, 2.05) is 18.2 Å². The Morgan fingerprint density at radius 2 is 1.67 bits per heavy atom. The summed E-state index contributed by atoms with van der Waals surface area (Å²) in [5.41, 5.74) is 3.74. The van der Waals surface area contributed by atoms with Gasteiger partial charge < -0.3 is 5.32 Å². The van der Waals surface area contributed by atoms with Gasteiger partial charge in [-0.05, 0) is 61.5 Å². The zero-order valence-electron chi connectivity index (χ0n) is 18.2. The third-order valence-electron chi connectivity index (χ3n) is 5.51. The van der Waals surface area contributed by atoms with Gasteiger partial charge in [-0.15, -0.1) is 0 Å². The molecule has 0 atom stereocenters. The molecule has 0 aliphatic heterocycles. The van der Waals surface area contributed by atoms with Crippen molar-refractivity contribution < 1.29 is 4.79 Å². The molecule has 5 nitrogen and oxygen atoms in total. The van der Waals surface area contributed by atoms with Gasteiger partial charge in [-0.3, -0.25) is 14.2 Å². The first kappa shape index (κ1) is 23.5. The molecule has 0 aliphatic carbocycles. The zero-order chi connectivity index (χ0) is 23.9. The third-order valence-corrected chi connectivity index (χ3v) is 6.31. The van der Waals surface area contributed by atoms with Gasteiger partial charge in [-0.1, -0.05) is 46.9 Å². The van der Waals surface area contributed by atoms with Crippen molar-refractivity contribution in [2.75, 3.05) is 7.05 Å². The number of rotatable bonds is 5. The monoisotopic (exact) mass is 499 g/mol. The standard InChI is InChI=1S/C25H20Cl3N3O2/c1-13(32)22-20(12-29-2)19-11-18(14-4-6-15(26)7-5-14)23(30-24(19)31(3)25(22)33)17-9-8-16(27)10-21(17)28/h4-11,29H,12H2,1-3H3. The average Bonchev–Trinajstić information content (AvgIpc) is 2.77. The van der Waals surface area contributed by atoms with Crippen molar-refractivity contribution in [2.45, 2.75) is 13.5 Å². The smallest absolute Gasteiger partial charge is 0.263 e. The van der Waals surface area contributed by atoms with Crippen LogP contribution in [0.2, 0.25) is 15.1 Å². The van der Waals surface area contributed by atoms with E-state index in [-0.39, 0.29) is 16.9 Å². The lowest BCUT2D eigenvalue weighted by Crippen LogP contribution is -2.28. The van der Waals surface area contributed by atoms with Crippen LogP contribution in [0.4, 0.5) is 0 Å². The van der Waals surface area contributed by atoms with E-state index in [9.17, 15) is 9.59 Å². The molecule has 33 heavy (non-hydrogen) atoms. The molecule has 0 aliphatic rings. The molecule has 2 heterocycles. The van der Waals surface area contributed by atoms with Crippen LogP contribution in [0.5, 0.6) is 0 Å². The molecule has 0 radical (unpaired) electrons. The first-order chi connectivity index (χ1) is 15.7. The minimum atomic E-state index is -0.389. The molecule has 2 aromatic heterocycles. The van der Waals surface area contributed by atoms with Gasteiger partial charge >= 0.3 is 0 Å². The number of halogens is 3. The molecular weight excluding hydrogens is 481 g/mol. The van der Waals surface area contributed by atoms with Gasteiger partial charge in [0.05, 0.1) is 16.3 Å². The second-order valence-electron chi connectivity index (χ2n) is 7.69. The van der Waals surface area contributed by atoms with Crippen LogP contribution in [-0.4, -0.2) is 22.4 Å². The fraction of sp³-hybridized carbons (Fsp3) is 0.160. The first-order valence-electron chi connectivity index (χ1n) is 10.2. The molecule has 0 amide bonds. The Bertz CT molecular complexity index is 1460. The maximum Gasteiger partial charge on any atom is 0.263 e. The number of nitrogens with one attached hydrogen (secondary N) is 1. The molecule has 0 saturated heterocycles. The number of pyridine rings is 2. The number of hydrogen-bond acceptors (Lipinski definition) is 4. The Morgan fingerprint density at radius 1 is 1.00 bits per heavy atom. The van der Waals surface area contributed by atoms with E-state index in [2.05, 4.69) is 5.32 Å². The fourth-order valence-electron chi connectivity index (χ4n) is 3.97. The SMILES string of the molecule is CNCc1c(C(C)=O)c(=O)n(C)c2nc(-c3ccc(Cl)cc3Cl)c(-c3ccc(Cl)cc3)cc12. The molecule has 8 heteroatoms. The Morgan fingerprint density at radius 3 is 2.27 bits per heavy atom. The number of Topliss-reactive ketones (excluding diaryl/α,β-unsaturated/α-hetero) is 1. The number of benzene rings is 2. The van der Waals surface area contributed by atoms with Crippen molar-refractivity contribution in [3.8, 4) is 22.4 Å². The van der Waals surface area contributed by atoms with Crippen LogP contribution in [0.1, 0.15) is 22.8 Å². The number of carbonyl (C=O) groups is 1. The van der Waals surface area contributed by atoms with E-state index in [1.54, 1.807) is 44.4 Å². The van der Waals surface area contributed by atoms with E-state index >= 15 is 0 Å². The molecule has 168 valence electrons. The van der Waals surface area contributed by atoms with E-state index in [0.29, 0.717) is 49.5 Å². The molecule has 1 N–H and O–H groups in total. The van der Waals surface area contributed by atoms with Gasteiger partial charge in [0, 0.05) is 40.2 Å². The van der Waals surface area contributed by atoms with Crippen LogP contribution in [0.25, 0.3) is 33.4 Å². The van der Waals surface area contributed by atoms with E-state index in [1.165, 1.54) is 11.5 Å². The van der Waals surface area contributed by atoms with Crippen molar-refractivity contribution >= 4 is 51.6 Å². The molecule has 2 aromatic carbocycles. The highest BCUT2D eigenvalue weighted by atomic mass is 35.5. The number of aromatic nitrogens is 2. The molecule has 0 saturated carbocycles. The molecule has 0 fully saturated rings. The number of ketones is 1. The lowest BCUT2D eigenvalue weighted by atomic mass is 9.95. The zero-order valence-corrected chi connectivity index (χ0v) is 20.4. The van der Waals surface area contributed by atoms with Crippen molar-refractivity contribution in [3.63, 3.8) is 0 Å². The highest BCUT2D eigenvalue weighted by Gasteiger charge is 2.22. The summed E-state index contributed by atoms with van der Waals surface area (Å²) in [6.07, 6.45) is 0. The van der Waals surface area contributed by atoms with Crippen LogP contribution in [0.15, 0.2) is 53.3 Å². The summed E-state index contributed by atoms with van der Waals surface area (Å²) in [4.78, 5) is 30.4. The van der Waals surface area contributed by atoms with Crippen LogP contribution in [-0.2, 0) is 13.6 Å². The Hall–Kier alpha value is -2.70. The van der Waals surface area contributed by atoms with Crippen molar-refractivity contribution in [3.05, 3.63) is 85.1 Å². The van der Waals surface area contributed by atoms with Gasteiger partial charge in [-0.25, -0.2) is 4.98 Å². The van der Waals surface area contributed by atoms with E-state index in [0.717, 1.165) is 11.1 Å². The van der Waals surface area contributed by atoms with Crippen molar-refractivity contribution in [1.82, 2.24) is 14.9 Å². The van der Waals surface area contributed by atoms with Gasteiger partial charge in [-0.2, -0.15) is 0 Å². The maximum atomic E-state index is 13.1. The Labute approximate surface area is 205 Å². The summed E-state index contributed by atoms with van der Waals surface area (Å²) in [5.74, 6) is -0.291. The number of aryl methyl sites for hydroxylation is 1. The van der Waals surface area contributed by atoms with Crippen molar-refractivity contribution in [2.24, 2.45) is 7.05 Å². The number of fused-ring (bicyclic) bond motifs is 1. The number of hydrogen-bond donors (Lipinski definition) is 1. The molecular formula is C25H20Cl3N3O2. The second kappa shape index (κ2) is 9.27. The lowest BCUT2D eigenvalue weighted by Gasteiger charge is -2.18. The van der Waals surface area contributed by atoms with Gasteiger partial charge in [0.25, 0.3) is 5.56 Å². The van der Waals surface area contributed by atoms with Gasteiger partial charge in [0.2, 0.25) is 0 Å². The largest absolute Gasteiger partial charge is 0.316 e. The van der Waals surface area contributed by atoms with Crippen molar-refractivity contribution in [1.29, 1.82) is 0 Å². The Kier molecular flexibility index (Phi) is 6.59. The maximum absolute atomic E-state index is 13.1. The quantitative estimate of drug-likeness (QED) is 0.334. The van der Waals surface area contributed by atoms with Gasteiger partial charge in [0.15, 0.2) is 5.78 Å². The third kappa shape index (κ3) is 4.30. The summed E-state index contributed by atoms with van der Waals surface area (Å²) in [5, 5.41) is 5.32.